The van der Waals surface area contributed by atoms with E-state index in [1.165, 1.54) is 11.8 Å². The normalized spacial score (nSPS) is 15.0. The van der Waals surface area contributed by atoms with E-state index in [9.17, 15) is 13.5 Å². The maximum absolute atomic E-state index is 12.6. The Labute approximate surface area is 128 Å². The molecule has 0 aliphatic carbocycles. The first-order valence-electron chi connectivity index (χ1n) is 6.49. The Bertz CT molecular complexity index is 710. The van der Waals surface area contributed by atoms with E-state index in [1.54, 1.807) is 43.5 Å². The Kier molecular flexibility index (Phi) is 5.21. The highest BCUT2D eigenvalue weighted by atomic mass is 32.2. The SMILES string of the molecule is CSC(CO)C(C)NS(=O)(=O)c1cccc2ncccc12. The van der Waals surface area contributed by atoms with Gasteiger partial charge in [0.1, 0.15) is 0 Å². The molecule has 0 fully saturated rings. The topological polar surface area (TPSA) is 79.3 Å². The van der Waals surface area contributed by atoms with E-state index in [1.807, 2.05) is 6.26 Å². The summed E-state index contributed by atoms with van der Waals surface area (Å²) < 4.78 is 27.8. The molecule has 1 aromatic carbocycles. The van der Waals surface area contributed by atoms with Gasteiger partial charge in [-0.2, -0.15) is 11.8 Å². The van der Waals surface area contributed by atoms with Crippen LogP contribution in [0.1, 0.15) is 6.92 Å². The third-order valence-corrected chi connectivity index (χ3v) is 6.06. The second-order valence-electron chi connectivity index (χ2n) is 4.69. The Morgan fingerprint density at radius 2 is 2.10 bits per heavy atom. The smallest absolute Gasteiger partial charge is 0.241 e. The van der Waals surface area contributed by atoms with Crippen molar-refractivity contribution in [2.75, 3.05) is 12.9 Å². The molecule has 114 valence electrons. The number of pyridine rings is 1. The first-order chi connectivity index (χ1) is 9.99. The minimum Gasteiger partial charge on any atom is -0.395 e. The molecule has 2 rings (SSSR count). The number of nitrogens with one attached hydrogen (secondary N) is 1. The van der Waals surface area contributed by atoms with E-state index in [0.717, 1.165) is 0 Å². The lowest BCUT2D eigenvalue weighted by Gasteiger charge is -2.21. The largest absolute Gasteiger partial charge is 0.395 e. The highest BCUT2D eigenvalue weighted by molar-refractivity contribution is 7.99. The number of aliphatic hydroxyl groups excluding tert-OH is 1. The van der Waals surface area contributed by atoms with Crippen molar-refractivity contribution in [3.63, 3.8) is 0 Å². The van der Waals surface area contributed by atoms with Crippen molar-refractivity contribution in [2.45, 2.75) is 23.1 Å². The first kappa shape index (κ1) is 16.2. The van der Waals surface area contributed by atoms with Crippen LogP contribution in [0.3, 0.4) is 0 Å². The van der Waals surface area contributed by atoms with Gasteiger partial charge in [0.25, 0.3) is 0 Å². The van der Waals surface area contributed by atoms with Gasteiger partial charge in [0.05, 0.1) is 17.0 Å². The van der Waals surface area contributed by atoms with Crippen LogP contribution in [0.25, 0.3) is 10.9 Å². The van der Waals surface area contributed by atoms with Gasteiger partial charge < -0.3 is 5.11 Å². The number of aliphatic hydroxyl groups is 1. The summed E-state index contributed by atoms with van der Waals surface area (Å²) in [6, 6.07) is 8.08. The molecule has 0 amide bonds. The number of nitrogens with zero attached hydrogens (tertiary/aromatic N) is 1. The summed E-state index contributed by atoms with van der Waals surface area (Å²) in [5, 5.41) is 9.67. The molecule has 2 N–H and O–H groups in total. The molecule has 0 saturated carbocycles. The quantitative estimate of drug-likeness (QED) is 0.843. The van der Waals surface area contributed by atoms with Gasteiger partial charge in [-0.1, -0.05) is 6.07 Å². The number of aromatic nitrogens is 1. The fourth-order valence-corrected chi connectivity index (χ4v) is 4.34. The van der Waals surface area contributed by atoms with Crippen LogP contribution in [-0.2, 0) is 10.0 Å². The van der Waals surface area contributed by atoms with E-state index < -0.39 is 10.0 Å². The lowest BCUT2D eigenvalue weighted by Crippen LogP contribution is -2.41. The lowest BCUT2D eigenvalue weighted by molar-refractivity contribution is 0.282. The molecule has 21 heavy (non-hydrogen) atoms. The third-order valence-electron chi connectivity index (χ3n) is 3.28. The van der Waals surface area contributed by atoms with Crippen molar-refractivity contribution in [2.24, 2.45) is 0 Å². The Balaban J connectivity index is 2.38. The molecule has 0 bridgehead atoms. The van der Waals surface area contributed by atoms with Gasteiger partial charge in [-0.25, -0.2) is 13.1 Å². The van der Waals surface area contributed by atoms with Crippen LogP contribution in [0.5, 0.6) is 0 Å². The molecule has 1 heterocycles. The first-order valence-corrected chi connectivity index (χ1v) is 9.26. The van der Waals surface area contributed by atoms with Gasteiger partial charge in [-0.15, -0.1) is 0 Å². The van der Waals surface area contributed by atoms with Crippen LogP contribution in [0.15, 0.2) is 41.4 Å². The molecular formula is C14H18N2O3S2. The van der Waals surface area contributed by atoms with Crippen molar-refractivity contribution in [1.82, 2.24) is 9.71 Å². The Hall–Kier alpha value is -1.15. The second-order valence-corrected chi connectivity index (χ2v) is 7.45. The molecule has 2 aromatic rings. The minimum absolute atomic E-state index is 0.0814. The minimum atomic E-state index is -3.67. The molecule has 1 aromatic heterocycles. The molecule has 7 heteroatoms. The highest BCUT2D eigenvalue weighted by Gasteiger charge is 2.24. The van der Waals surface area contributed by atoms with Gasteiger partial charge in [-0.05, 0) is 37.4 Å². The number of rotatable bonds is 6. The molecule has 0 radical (unpaired) electrons. The summed E-state index contributed by atoms with van der Waals surface area (Å²) in [6.07, 6.45) is 3.47. The van der Waals surface area contributed by atoms with E-state index in [0.29, 0.717) is 10.9 Å². The van der Waals surface area contributed by atoms with E-state index >= 15 is 0 Å². The van der Waals surface area contributed by atoms with Crippen LogP contribution in [0.4, 0.5) is 0 Å². The molecule has 5 nitrogen and oxygen atoms in total. The summed E-state index contributed by atoms with van der Waals surface area (Å²) in [5.41, 5.74) is 0.636. The number of benzene rings is 1. The predicted octanol–water partition coefficient (Wildman–Crippen LogP) is 1.63. The van der Waals surface area contributed by atoms with E-state index in [2.05, 4.69) is 9.71 Å². The van der Waals surface area contributed by atoms with Gasteiger partial charge in [-0.3, -0.25) is 4.98 Å². The molecule has 0 aliphatic rings. The number of hydrogen-bond acceptors (Lipinski definition) is 5. The van der Waals surface area contributed by atoms with Gasteiger partial charge >= 0.3 is 0 Å². The zero-order valence-electron chi connectivity index (χ0n) is 11.9. The maximum Gasteiger partial charge on any atom is 0.241 e. The van der Waals surface area contributed by atoms with Gasteiger partial charge in [0, 0.05) is 22.9 Å². The molecule has 0 spiro atoms. The van der Waals surface area contributed by atoms with Gasteiger partial charge in [0.15, 0.2) is 0 Å². The maximum atomic E-state index is 12.6. The van der Waals surface area contributed by atoms with Crippen LogP contribution in [-0.4, -0.2) is 42.7 Å². The fraction of sp³-hybridized carbons (Fsp3) is 0.357. The van der Waals surface area contributed by atoms with Crippen LogP contribution in [0, 0.1) is 0 Å². The van der Waals surface area contributed by atoms with Crippen molar-refractivity contribution in [3.05, 3.63) is 36.5 Å². The molecule has 0 saturated heterocycles. The number of hydrogen-bond donors (Lipinski definition) is 2. The fourth-order valence-electron chi connectivity index (χ4n) is 2.13. The molecule has 2 unspecified atom stereocenters. The monoisotopic (exact) mass is 326 g/mol. The van der Waals surface area contributed by atoms with Crippen LogP contribution in [0.2, 0.25) is 0 Å². The standard InChI is InChI=1S/C14H18N2O3S2/c1-10(13(9-17)20-2)16-21(18,19)14-7-3-6-12-11(14)5-4-8-15-12/h3-8,10,13,16-17H,9H2,1-2H3. The lowest BCUT2D eigenvalue weighted by atomic mass is 10.2. The van der Waals surface area contributed by atoms with Crippen molar-refractivity contribution in [3.8, 4) is 0 Å². The van der Waals surface area contributed by atoms with Crippen molar-refractivity contribution < 1.29 is 13.5 Å². The summed E-state index contributed by atoms with van der Waals surface area (Å²) in [7, 11) is -3.67. The number of fused-ring (bicyclic) bond motifs is 1. The van der Waals surface area contributed by atoms with Crippen molar-refractivity contribution in [1.29, 1.82) is 0 Å². The van der Waals surface area contributed by atoms with Crippen molar-refractivity contribution >= 4 is 32.7 Å². The average molecular weight is 326 g/mol. The van der Waals surface area contributed by atoms with Crippen LogP contribution >= 0.6 is 11.8 Å². The predicted molar refractivity (Wildman–Crippen MR) is 85.9 cm³/mol. The third kappa shape index (κ3) is 3.55. The average Bonchev–Trinajstić information content (AvgIpc) is 2.47. The van der Waals surface area contributed by atoms with E-state index in [-0.39, 0.29) is 22.8 Å². The molecule has 2 atom stereocenters. The number of thioether (sulfide) groups is 1. The molecular weight excluding hydrogens is 308 g/mol. The van der Waals surface area contributed by atoms with Gasteiger partial charge in [0.2, 0.25) is 10.0 Å². The summed E-state index contributed by atoms with van der Waals surface area (Å²) >= 11 is 1.43. The molecule has 0 aliphatic heterocycles. The van der Waals surface area contributed by atoms with Crippen LogP contribution < -0.4 is 4.72 Å². The summed E-state index contributed by atoms with van der Waals surface area (Å²) in [5.74, 6) is 0. The number of sulfonamides is 1. The van der Waals surface area contributed by atoms with E-state index in [4.69, 9.17) is 0 Å². The summed E-state index contributed by atoms with van der Waals surface area (Å²) in [4.78, 5) is 4.37. The zero-order valence-corrected chi connectivity index (χ0v) is 13.5. The highest BCUT2D eigenvalue weighted by Crippen LogP contribution is 2.22. The second kappa shape index (κ2) is 6.74. The summed E-state index contributed by atoms with van der Waals surface area (Å²) in [6.45, 7) is 1.67. The Morgan fingerprint density at radius 1 is 1.33 bits per heavy atom. The Morgan fingerprint density at radius 3 is 2.76 bits per heavy atom. The zero-order chi connectivity index (χ0) is 15.5.